The number of ether oxygens (including phenoxy) is 1. The van der Waals surface area contributed by atoms with Crippen LogP contribution in [0.25, 0.3) is 11.3 Å². The number of carbonyl (C=O) groups is 1. The number of aromatic nitrogens is 2. The Morgan fingerprint density at radius 1 is 1.37 bits per heavy atom. The van der Waals surface area contributed by atoms with Gasteiger partial charge in [-0.15, -0.1) is 0 Å². The van der Waals surface area contributed by atoms with Crippen LogP contribution in [0.5, 0.6) is 5.75 Å². The molecule has 0 atom stereocenters. The molecule has 0 unspecified atom stereocenters. The van der Waals surface area contributed by atoms with Crippen LogP contribution in [0, 0.1) is 0 Å². The van der Waals surface area contributed by atoms with E-state index >= 15 is 0 Å². The Labute approximate surface area is 111 Å². The number of aryl methyl sites for hydroxylation is 1. The molecule has 0 aliphatic rings. The molecule has 0 amide bonds. The van der Waals surface area contributed by atoms with Crippen molar-refractivity contribution in [1.29, 1.82) is 0 Å². The van der Waals surface area contributed by atoms with Crippen LogP contribution >= 0.6 is 0 Å². The molecule has 0 spiro atoms. The van der Waals surface area contributed by atoms with E-state index < -0.39 is 5.97 Å². The molecule has 5 heteroatoms. The summed E-state index contributed by atoms with van der Waals surface area (Å²) in [6.07, 6.45) is 0.0939. The molecule has 0 aliphatic carbocycles. The maximum absolute atomic E-state index is 10.9. The Bertz CT molecular complexity index is 602. The van der Waals surface area contributed by atoms with Crippen molar-refractivity contribution < 1.29 is 14.6 Å². The average molecular weight is 260 g/mol. The second-order valence-corrected chi connectivity index (χ2v) is 4.54. The first-order valence-electron chi connectivity index (χ1n) is 6.02. The number of carboxylic acid groups (broad SMARTS) is 1. The maximum Gasteiger partial charge on any atom is 0.356 e. The van der Waals surface area contributed by atoms with E-state index in [1.807, 2.05) is 38.1 Å². The van der Waals surface area contributed by atoms with E-state index in [4.69, 9.17) is 9.84 Å². The van der Waals surface area contributed by atoms with Gasteiger partial charge >= 0.3 is 5.97 Å². The summed E-state index contributed by atoms with van der Waals surface area (Å²) in [5.74, 6) is -0.276. The van der Waals surface area contributed by atoms with E-state index in [1.54, 1.807) is 17.8 Å². The third-order valence-electron chi connectivity index (χ3n) is 2.60. The van der Waals surface area contributed by atoms with Gasteiger partial charge in [-0.3, -0.25) is 4.68 Å². The Kier molecular flexibility index (Phi) is 3.55. The lowest BCUT2D eigenvalue weighted by atomic mass is 10.1. The highest BCUT2D eigenvalue weighted by molar-refractivity contribution is 5.87. The summed E-state index contributed by atoms with van der Waals surface area (Å²) >= 11 is 0. The summed E-state index contributed by atoms with van der Waals surface area (Å²) in [6, 6.07) is 9.08. The molecular weight excluding hydrogens is 244 g/mol. The number of hydrogen-bond acceptors (Lipinski definition) is 3. The standard InChI is InChI=1S/C14H16N2O3/c1-9(2)19-11-6-4-5-10(7-11)13-8-12(14(17)18)15-16(13)3/h4-9H,1-3H3,(H,17,18). The second kappa shape index (κ2) is 5.14. The topological polar surface area (TPSA) is 64.3 Å². The van der Waals surface area contributed by atoms with Crippen molar-refractivity contribution in [3.63, 3.8) is 0 Å². The van der Waals surface area contributed by atoms with Gasteiger partial charge in [0.2, 0.25) is 0 Å². The van der Waals surface area contributed by atoms with E-state index in [2.05, 4.69) is 5.10 Å². The van der Waals surface area contributed by atoms with Gasteiger partial charge in [-0.2, -0.15) is 5.10 Å². The Morgan fingerprint density at radius 2 is 2.11 bits per heavy atom. The quantitative estimate of drug-likeness (QED) is 0.917. The van der Waals surface area contributed by atoms with Gasteiger partial charge in [-0.1, -0.05) is 12.1 Å². The number of hydrogen-bond donors (Lipinski definition) is 1. The summed E-state index contributed by atoms with van der Waals surface area (Å²) in [5, 5.41) is 12.9. The molecule has 100 valence electrons. The van der Waals surface area contributed by atoms with Crippen molar-refractivity contribution in [2.45, 2.75) is 20.0 Å². The zero-order valence-corrected chi connectivity index (χ0v) is 11.1. The van der Waals surface area contributed by atoms with E-state index in [1.165, 1.54) is 0 Å². The van der Waals surface area contributed by atoms with Crippen LogP contribution < -0.4 is 4.74 Å². The number of benzene rings is 1. The monoisotopic (exact) mass is 260 g/mol. The first-order chi connectivity index (χ1) is 8.97. The Balaban J connectivity index is 2.38. The third kappa shape index (κ3) is 2.93. The van der Waals surface area contributed by atoms with E-state index in [0.717, 1.165) is 17.0 Å². The fraction of sp³-hybridized carbons (Fsp3) is 0.286. The molecule has 1 aromatic heterocycles. The van der Waals surface area contributed by atoms with Gasteiger partial charge in [0, 0.05) is 12.6 Å². The van der Waals surface area contributed by atoms with Crippen LogP contribution in [0.2, 0.25) is 0 Å². The van der Waals surface area contributed by atoms with E-state index in [9.17, 15) is 4.79 Å². The van der Waals surface area contributed by atoms with Gasteiger partial charge in [0.1, 0.15) is 5.75 Å². The van der Waals surface area contributed by atoms with Crippen LogP contribution in [0.3, 0.4) is 0 Å². The summed E-state index contributed by atoms with van der Waals surface area (Å²) in [7, 11) is 1.72. The highest BCUT2D eigenvalue weighted by Gasteiger charge is 2.13. The van der Waals surface area contributed by atoms with Gasteiger partial charge in [-0.05, 0) is 32.0 Å². The zero-order valence-electron chi connectivity index (χ0n) is 11.1. The molecule has 1 N–H and O–H groups in total. The third-order valence-corrected chi connectivity index (χ3v) is 2.60. The number of carboxylic acids is 1. The highest BCUT2D eigenvalue weighted by Crippen LogP contribution is 2.24. The van der Waals surface area contributed by atoms with Crippen molar-refractivity contribution in [3.8, 4) is 17.0 Å². The van der Waals surface area contributed by atoms with Crippen LogP contribution in [0.15, 0.2) is 30.3 Å². The molecule has 1 aromatic carbocycles. The molecule has 0 saturated carbocycles. The van der Waals surface area contributed by atoms with Gasteiger partial charge in [0.05, 0.1) is 11.8 Å². The maximum atomic E-state index is 10.9. The van der Waals surface area contributed by atoms with Crippen molar-refractivity contribution >= 4 is 5.97 Å². The van der Waals surface area contributed by atoms with Gasteiger partial charge in [0.25, 0.3) is 0 Å². The highest BCUT2D eigenvalue weighted by atomic mass is 16.5. The molecule has 2 rings (SSSR count). The number of nitrogens with zero attached hydrogens (tertiary/aromatic N) is 2. The van der Waals surface area contributed by atoms with Crippen molar-refractivity contribution in [2.75, 3.05) is 0 Å². The predicted molar refractivity (Wildman–Crippen MR) is 71.4 cm³/mol. The SMILES string of the molecule is CC(C)Oc1cccc(-c2cc(C(=O)O)nn2C)c1. The fourth-order valence-electron chi connectivity index (χ4n) is 1.84. The summed E-state index contributed by atoms with van der Waals surface area (Å²) in [4.78, 5) is 10.9. The van der Waals surface area contributed by atoms with Crippen molar-refractivity contribution in [2.24, 2.45) is 7.05 Å². The first-order valence-corrected chi connectivity index (χ1v) is 6.02. The lowest BCUT2D eigenvalue weighted by Gasteiger charge is -2.10. The first kappa shape index (κ1) is 13.1. The molecule has 0 fully saturated rings. The zero-order chi connectivity index (χ0) is 14.0. The van der Waals surface area contributed by atoms with Crippen molar-refractivity contribution in [3.05, 3.63) is 36.0 Å². The predicted octanol–water partition coefficient (Wildman–Crippen LogP) is 2.57. The molecule has 5 nitrogen and oxygen atoms in total. The lowest BCUT2D eigenvalue weighted by molar-refractivity contribution is 0.0689. The number of rotatable bonds is 4. The molecule has 2 aromatic rings. The van der Waals surface area contributed by atoms with Gasteiger partial charge in [-0.25, -0.2) is 4.79 Å². The second-order valence-electron chi connectivity index (χ2n) is 4.54. The van der Waals surface area contributed by atoms with Crippen LogP contribution in [0.4, 0.5) is 0 Å². The Morgan fingerprint density at radius 3 is 2.68 bits per heavy atom. The molecule has 1 heterocycles. The van der Waals surface area contributed by atoms with Gasteiger partial charge < -0.3 is 9.84 Å². The van der Waals surface area contributed by atoms with Crippen LogP contribution in [-0.4, -0.2) is 27.0 Å². The molecule has 0 radical (unpaired) electrons. The van der Waals surface area contributed by atoms with E-state index in [-0.39, 0.29) is 11.8 Å². The lowest BCUT2D eigenvalue weighted by Crippen LogP contribution is -2.05. The van der Waals surface area contributed by atoms with Crippen molar-refractivity contribution in [1.82, 2.24) is 9.78 Å². The molecular formula is C14H16N2O3. The minimum Gasteiger partial charge on any atom is -0.491 e. The number of aromatic carboxylic acids is 1. The molecule has 0 aliphatic heterocycles. The van der Waals surface area contributed by atoms with Crippen LogP contribution in [-0.2, 0) is 7.05 Å². The minimum absolute atomic E-state index is 0.0349. The molecule has 0 bridgehead atoms. The molecule has 0 saturated heterocycles. The Hall–Kier alpha value is -2.30. The normalized spacial score (nSPS) is 10.7. The summed E-state index contributed by atoms with van der Waals surface area (Å²) in [5.41, 5.74) is 1.65. The summed E-state index contributed by atoms with van der Waals surface area (Å²) in [6.45, 7) is 3.92. The fourth-order valence-corrected chi connectivity index (χ4v) is 1.84. The summed E-state index contributed by atoms with van der Waals surface area (Å²) < 4.78 is 7.18. The van der Waals surface area contributed by atoms with Crippen LogP contribution in [0.1, 0.15) is 24.3 Å². The van der Waals surface area contributed by atoms with E-state index in [0.29, 0.717) is 0 Å². The minimum atomic E-state index is -1.03. The molecule has 19 heavy (non-hydrogen) atoms. The smallest absolute Gasteiger partial charge is 0.356 e. The van der Waals surface area contributed by atoms with Gasteiger partial charge in [0.15, 0.2) is 5.69 Å². The largest absolute Gasteiger partial charge is 0.491 e. The average Bonchev–Trinajstić information content (AvgIpc) is 2.71.